The number of hydrogen-bond acceptors (Lipinski definition) is 3. The van der Waals surface area contributed by atoms with Crippen LogP contribution in [-0.4, -0.2) is 39.4 Å². The predicted octanol–water partition coefficient (Wildman–Crippen LogP) is 1.75. The van der Waals surface area contributed by atoms with E-state index >= 15 is 0 Å². The summed E-state index contributed by atoms with van der Waals surface area (Å²) in [6.45, 7) is 3.61. The molecule has 20 heavy (non-hydrogen) atoms. The summed E-state index contributed by atoms with van der Waals surface area (Å²) in [6.07, 6.45) is 1.68. The minimum atomic E-state index is -3.57. The Bertz CT molecular complexity index is 546. The van der Waals surface area contributed by atoms with Gasteiger partial charge in [0, 0.05) is 13.1 Å². The summed E-state index contributed by atoms with van der Waals surface area (Å²) in [7, 11) is -1.67. The van der Waals surface area contributed by atoms with Gasteiger partial charge >= 0.3 is 0 Å². The van der Waals surface area contributed by atoms with Gasteiger partial charge in [-0.1, -0.05) is 0 Å². The number of rotatable bonds is 4. The molecule has 1 aliphatic rings. The Kier molecular flexibility index (Phi) is 4.78. The Hall–Kier alpha value is -0.980. The smallest absolute Gasteiger partial charge is 0.243 e. The first-order chi connectivity index (χ1) is 9.43. The molecule has 0 saturated carbocycles. The van der Waals surface area contributed by atoms with Crippen LogP contribution >= 0.6 is 0 Å². The number of sulfonamides is 1. The maximum atomic E-state index is 13.4. The molecule has 0 unspecified atom stereocenters. The maximum Gasteiger partial charge on any atom is 0.243 e. The second-order valence-electron chi connectivity index (χ2n) is 5.37. The summed E-state index contributed by atoms with van der Waals surface area (Å²) in [6, 6.07) is 3.96. The molecule has 0 aliphatic carbocycles. The highest BCUT2D eigenvalue weighted by molar-refractivity contribution is 7.89. The van der Waals surface area contributed by atoms with Crippen LogP contribution in [0.3, 0.4) is 0 Å². The highest BCUT2D eigenvalue weighted by Gasteiger charge is 2.29. The van der Waals surface area contributed by atoms with Crippen LogP contribution in [0.5, 0.6) is 0 Å². The van der Waals surface area contributed by atoms with Crippen LogP contribution in [0.25, 0.3) is 0 Å². The first-order valence-corrected chi connectivity index (χ1v) is 8.29. The van der Waals surface area contributed by atoms with Crippen molar-refractivity contribution in [1.29, 1.82) is 0 Å². The van der Waals surface area contributed by atoms with Gasteiger partial charge in [-0.15, -0.1) is 0 Å². The van der Waals surface area contributed by atoms with Gasteiger partial charge < -0.3 is 5.32 Å². The van der Waals surface area contributed by atoms with Gasteiger partial charge in [0.05, 0.1) is 4.90 Å². The molecule has 112 valence electrons. The molecule has 0 amide bonds. The van der Waals surface area contributed by atoms with Gasteiger partial charge in [-0.3, -0.25) is 0 Å². The Morgan fingerprint density at radius 2 is 1.95 bits per heavy atom. The van der Waals surface area contributed by atoms with Crippen LogP contribution in [0, 0.1) is 18.7 Å². The normalized spacial score (nSPS) is 18.4. The van der Waals surface area contributed by atoms with E-state index in [9.17, 15) is 12.8 Å². The van der Waals surface area contributed by atoms with Gasteiger partial charge in [0.2, 0.25) is 10.0 Å². The minimum absolute atomic E-state index is 0.0575. The van der Waals surface area contributed by atoms with Gasteiger partial charge in [-0.25, -0.2) is 12.8 Å². The summed E-state index contributed by atoms with van der Waals surface area (Å²) in [5, 5.41) is 3.12. The number of aryl methyl sites for hydroxylation is 1. The fraction of sp³-hybridized carbons (Fsp3) is 0.571. The van der Waals surface area contributed by atoms with E-state index < -0.39 is 15.8 Å². The molecule has 1 heterocycles. The molecular formula is C14H21FN2O2S. The monoisotopic (exact) mass is 300 g/mol. The van der Waals surface area contributed by atoms with Crippen molar-refractivity contribution in [3.05, 3.63) is 29.6 Å². The van der Waals surface area contributed by atoms with Crippen LogP contribution in [0.4, 0.5) is 4.39 Å². The molecule has 2 rings (SSSR count). The van der Waals surface area contributed by atoms with Gasteiger partial charge in [-0.05, 0) is 63.0 Å². The van der Waals surface area contributed by atoms with E-state index in [0.29, 0.717) is 24.6 Å². The molecular weight excluding hydrogens is 279 g/mol. The Balaban J connectivity index is 2.15. The lowest BCUT2D eigenvalue weighted by Crippen LogP contribution is -2.40. The van der Waals surface area contributed by atoms with Crippen LogP contribution in [0.15, 0.2) is 23.1 Å². The molecule has 6 heteroatoms. The van der Waals surface area contributed by atoms with Crippen molar-refractivity contribution in [1.82, 2.24) is 9.62 Å². The molecule has 0 radical (unpaired) electrons. The number of piperidine rings is 1. The molecule has 0 atom stereocenters. The van der Waals surface area contributed by atoms with Crippen molar-refractivity contribution >= 4 is 10.0 Å². The summed E-state index contributed by atoms with van der Waals surface area (Å²) >= 11 is 0. The topological polar surface area (TPSA) is 49.4 Å². The Morgan fingerprint density at radius 1 is 1.30 bits per heavy atom. The van der Waals surface area contributed by atoms with E-state index in [0.717, 1.165) is 25.5 Å². The summed E-state index contributed by atoms with van der Waals surface area (Å²) in [5.74, 6) is 0.00865. The maximum absolute atomic E-state index is 13.4. The van der Waals surface area contributed by atoms with Crippen molar-refractivity contribution in [2.45, 2.75) is 24.7 Å². The Morgan fingerprint density at radius 3 is 2.50 bits per heavy atom. The third-order valence-corrected chi connectivity index (χ3v) is 5.60. The average Bonchev–Trinajstić information content (AvgIpc) is 2.38. The number of benzene rings is 1. The zero-order chi connectivity index (χ0) is 14.8. The molecule has 1 aromatic carbocycles. The van der Waals surface area contributed by atoms with Gasteiger partial charge in [0.15, 0.2) is 0 Å². The van der Waals surface area contributed by atoms with E-state index in [4.69, 9.17) is 0 Å². The summed E-state index contributed by atoms with van der Waals surface area (Å²) in [5.41, 5.74) is 0.619. The fourth-order valence-corrected chi connectivity index (χ4v) is 4.23. The lowest BCUT2D eigenvalue weighted by molar-refractivity contribution is 0.270. The van der Waals surface area contributed by atoms with Crippen molar-refractivity contribution in [2.24, 2.45) is 5.92 Å². The quantitative estimate of drug-likeness (QED) is 0.922. The first-order valence-electron chi connectivity index (χ1n) is 6.85. The van der Waals surface area contributed by atoms with Crippen molar-refractivity contribution in [3.63, 3.8) is 0 Å². The van der Waals surface area contributed by atoms with Gasteiger partial charge in [0.1, 0.15) is 5.82 Å². The number of nitrogens with one attached hydrogen (secondary N) is 1. The Labute approximate surface area is 120 Å². The lowest BCUT2D eigenvalue weighted by Gasteiger charge is -2.31. The van der Waals surface area contributed by atoms with Crippen LogP contribution in [0.2, 0.25) is 0 Å². The van der Waals surface area contributed by atoms with E-state index in [1.807, 2.05) is 7.05 Å². The molecule has 1 N–H and O–H groups in total. The zero-order valence-corrected chi connectivity index (χ0v) is 12.7. The van der Waals surface area contributed by atoms with Crippen LogP contribution in [-0.2, 0) is 10.0 Å². The lowest BCUT2D eigenvalue weighted by atomic mass is 9.98. The van der Waals surface area contributed by atoms with Crippen LogP contribution in [0.1, 0.15) is 18.4 Å². The van der Waals surface area contributed by atoms with E-state index in [1.54, 1.807) is 6.92 Å². The summed E-state index contributed by atoms with van der Waals surface area (Å²) in [4.78, 5) is 0.0575. The molecule has 1 aromatic rings. The standard InChI is InChI=1S/C14H21FN2O2S/c1-11-7-13(15)9-14(8-11)20(18,19)17-5-3-12(4-6-17)10-16-2/h7-9,12,16H,3-6,10H2,1-2H3. The van der Waals surface area contributed by atoms with Gasteiger partial charge in [-0.2, -0.15) is 4.31 Å². The highest BCUT2D eigenvalue weighted by Crippen LogP contribution is 2.24. The van der Waals surface area contributed by atoms with Crippen molar-refractivity contribution in [2.75, 3.05) is 26.7 Å². The first kappa shape index (κ1) is 15.4. The fourth-order valence-electron chi connectivity index (χ4n) is 2.64. The molecule has 4 nitrogen and oxygen atoms in total. The summed E-state index contributed by atoms with van der Waals surface area (Å²) < 4.78 is 39.9. The number of nitrogens with zero attached hydrogens (tertiary/aromatic N) is 1. The molecule has 0 aromatic heterocycles. The molecule has 1 aliphatic heterocycles. The number of halogens is 1. The minimum Gasteiger partial charge on any atom is -0.319 e. The second-order valence-corrected chi connectivity index (χ2v) is 7.31. The molecule has 1 fully saturated rings. The van der Waals surface area contributed by atoms with Crippen molar-refractivity contribution < 1.29 is 12.8 Å². The second kappa shape index (κ2) is 6.20. The van der Waals surface area contributed by atoms with Gasteiger partial charge in [0.25, 0.3) is 0 Å². The third-order valence-electron chi connectivity index (χ3n) is 3.72. The average molecular weight is 300 g/mol. The molecule has 0 bridgehead atoms. The highest BCUT2D eigenvalue weighted by atomic mass is 32.2. The molecule has 0 spiro atoms. The number of hydrogen-bond donors (Lipinski definition) is 1. The molecule has 1 saturated heterocycles. The SMILES string of the molecule is CNCC1CCN(S(=O)(=O)c2cc(C)cc(F)c2)CC1. The van der Waals surface area contributed by atoms with E-state index in [-0.39, 0.29) is 4.90 Å². The van der Waals surface area contributed by atoms with E-state index in [2.05, 4.69) is 5.32 Å². The largest absolute Gasteiger partial charge is 0.319 e. The van der Waals surface area contributed by atoms with Crippen LogP contribution < -0.4 is 5.32 Å². The van der Waals surface area contributed by atoms with Crippen molar-refractivity contribution in [3.8, 4) is 0 Å². The zero-order valence-electron chi connectivity index (χ0n) is 11.9. The third kappa shape index (κ3) is 3.37. The van der Waals surface area contributed by atoms with E-state index in [1.165, 1.54) is 16.4 Å². The predicted molar refractivity (Wildman–Crippen MR) is 76.5 cm³/mol.